The van der Waals surface area contributed by atoms with E-state index in [0.29, 0.717) is 13.2 Å². The van der Waals surface area contributed by atoms with Gasteiger partial charge in [0.25, 0.3) is 0 Å². The fraction of sp³-hybridized carbons (Fsp3) is 0.600. The van der Waals surface area contributed by atoms with E-state index < -0.39 is 0 Å². The predicted molar refractivity (Wildman–Crippen MR) is 72.6 cm³/mol. The average molecular weight is 236 g/mol. The molecule has 0 unspecified atom stereocenters. The van der Waals surface area contributed by atoms with Crippen molar-refractivity contribution in [1.82, 2.24) is 0 Å². The normalized spacial score (nSPS) is 10.5. The Morgan fingerprint density at radius 3 is 2.41 bits per heavy atom. The number of hydrogen-bond acceptors (Lipinski definition) is 2. The van der Waals surface area contributed by atoms with Crippen LogP contribution in [0.2, 0.25) is 0 Å². The van der Waals surface area contributed by atoms with Crippen LogP contribution in [0.25, 0.3) is 0 Å². The lowest BCUT2D eigenvalue weighted by Gasteiger charge is -2.16. The van der Waals surface area contributed by atoms with E-state index in [0.717, 1.165) is 25.7 Å². The van der Waals surface area contributed by atoms with Crippen molar-refractivity contribution in [2.75, 3.05) is 13.2 Å². The van der Waals surface area contributed by atoms with E-state index in [1.165, 1.54) is 0 Å². The minimum atomic E-state index is -0.0328. The summed E-state index contributed by atoms with van der Waals surface area (Å²) in [6, 6.07) is 0. The highest BCUT2D eigenvalue weighted by Gasteiger charge is 2.06. The van der Waals surface area contributed by atoms with Gasteiger partial charge in [-0.25, -0.2) is 0 Å². The third kappa shape index (κ3) is 11.2. The largest absolute Gasteiger partial charge is 0.353 e. The van der Waals surface area contributed by atoms with Crippen molar-refractivity contribution < 1.29 is 9.47 Å². The van der Waals surface area contributed by atoms with Crippen molar-refractivity contribution in [2.45, 2.75) is 45.8 Å². The molecule has 0 aromatic rings. The number of rotatable bonds is 9. The monoisotopic (exact) mass is 236 g/mol. The molecular weight excluding hydrogens is 212 g/mol. The molecule has 0 aliphatic rings. The van der Waals surface area contributed by atoms with Gasteiger partial charge in [-0.05, 0) is 51.7 Å². The Labute approximate surface area is 106 Å². The fourth-order valence-electron chi connectivity index (χ4n) is 1.41. The van der Waals surface area contributed by atoms with Gasteiger partial charge in [-0.3, -0.25) is 0 Å². The lowest BCUT2D eigenvalue weighted by atomic mass is 10.2. The van der Waals surface area contributed by atoms with Gasteiger partial charge in [0.15, 0.2) is 6.29 Å². The zero-order chi connectivity index (χ0) is 12.8. The molecule has 2 nitrogen and oxygen atoms in total. The molecule has 0 atom stereocenters. The number of allylic oxidation sites excluding steroid dienone is 3. The summed E-state index contributed by atoms with van der Waals surface area (Å²) in [5, 5.41) is 0. The molecule has 0 aromatic carbocycles. The second kappa shape index (κ2) is 13.0. The molecule has 0 saturated carbocycles. The average Bonchev–Trinajstić information content (AvgIpc) is 2.33. The zero-order valence-corrected chi connectivity index (χ0v) is 11.1. The first-order valence-electron chi connectivity index (χ1n) is 6.35. The molecule has 0 rings (SSSR count). The first kappa shape index (κ1) is 16.0. The summed E-state index contributed by atoms with van der Waals surface area (Å²) in [4.78, 5) is 0. The lowest BCUT2D eigenvalue weighted by Crippen LogP contribution is -2.17. The Hall–Kier alpha value is -1.04. The molecule has 0 heterocycles. The molecule has 0 fully saturated rings. The van der Waals surface area contributed by atoms with Gasteiger partial charge in [0.05, 0.1) is 0 Å². The fourth-order valence-corrected chi connectivity index (χ4v) is 1.41. The maximum atomic E-state index is 5.47. The van der Waals surface area contributed by atoms with Crippen LogP contribution in [0.15, 0.2) is 24.8 Å². The highest BCUT2D eigenvalue weighted by atomic mass is 16.7. The first-order chi connectivity index (χ1) is 8.35. The quantitative estimate of drug-likeness (QED) is 0.345. The summed E-state index contributed by atoms with van der Waals surface area (Å²) in [6.45, 7) is 8.93. The topological polar surface area (TPSA) is 18.5 Å². The molecule has 0 aromatic heterocycles. The summed E-state index contributed by atoms with van der Waals surface area (Å²) in [7, 11) is 0. The third-order valence-electron chi connectivity index (χ3n) is 2.15. The Morgan fingerprint density at radius 2 is 1.82 bits per heavy atom. The molecule has 0 radical (unpaired) electrons. The summed E-state index contributed by atoms with van der Waals surface area (Å²) in [6.07, 6.45) is 9.81. The van der Waals surface area contributed by atoms with Crippen molar-refractivity contribution in [3.8, 4) is 11.8 Å². The molecule has 0 aliphatic heterocycles. The molecule has 2 heteroatoms. The van der Waals surface area contributed by atoms with Crippen molar-refractivity contribution in [2.24, 2.45) is 0 Å². The summed E-state index contributed by atoms with van der Waals surface area (Å²) in [5.74, 6) is 5.66. The van der Waals surface area contributed by atoms with Gasteiger partial charge in [-0.15, -0.1) is 0 Å². The van der Waals surface area contributed by atoms with Crippen LogP contribution in [0.5, 0.6) is 0 Å². The van der Waals surface area contributed by atoms with E-state index in [9.17, 15) is 0 Å². The van der Waals surface area contributed by atoms with Crippen LogP contribution < -0.4 is 0 Å². The number of hydrogen-bond donors (Lipinski definition) is 0. The molecule has 0 bridgehead atoms. The SMILES string of the molecule is C=CC#C/C=C/CCCCC(OCC)OCC. The van der Waals surface area contributed by atoms with Gasteiger partial charge < -0.3 is 9.47 Å². The van der Waals surface area contributed by atoms with Gasteiger partial charge in [0.1, 0.15) is 0 Å². The van der Waals surface area contributed by atoms with Crippen molar-refractivity contribution in [3.63, 3.8) is 0 Å². The number of unbranched alkanes of at least 4 members (excludes halogenated alkanes) is 2. The molecule has 0 saturated heterocycles. The Balaban J connectivity index is 3.53. The Kier molecular flexibility index (Phi) is 12.2. The molecule has 0 spiro atoms. The number of ether oxygens (including phenoxy) is 2. The third-order valence-corrected chi connectivity index (χ3v) is 2.15. The minimum Gasteiger partial charge on any atom is -0.353 e. The maximum absolute atomic E-state index is 5.47. The van der Waals surface area contributed by atoms with Gasteiger partial charge in [-0.2, -0.15) is 0 Å². The Bertz CT molecular complexity index is 252. The van der Waals surface area contributed by atoms with E-state index in [1.807, 2.05) is 19.9 Å². The van der Waals surface area contributed by atoms with Crippen LogP contribution in [0.4, 0.5) is 0 Å². The van der Waals surface area contributed by atoms with Gasteiger partial charge >= 0.3 is 0 Å². The second-order valence-electron chi connectivity index (χ2n) is 3.52. The van der Waals surface area contributed by atoms with Gasteiger partial charge in [0.2, 0.25) is 0 Å². The first-order valence-corrected chi connectivity index (χ1v) is 6.35. The summed E-state index contributed by atoms with van der Waals surface area (Å²) < 4.78 is 10.9. The zero-order valence-electron chi connectivity index (χ0n) is 11.1. The highest BCUT2D eigenvalue weighted by Crippen LogP contribution is 2.08. The molecule has 0 amide bonds. The predicted octanol–water partition coefficient (Wildman–Crippen LogP) is 3.69. The molecule has 17 heavy (non-hydrogen) atoms. The van der Waals surface area contributed by atoms with E-state index in [1.54, 1.807) is 6.08 Å². The van der Waals surface area contributed by atoms with Crippen LogP contribution in [0, 0.1) is 11.8 Å². The van der Waals surface area contributed by atoms with Crippen LogP contribution >= 0.6 is 0 Å². The van der Waals surface area contributed by atoms with E-state index in [4.69, 9.17) is 9.47 Å². The molecule has 0 N–H and O–H groups in total. The highest BCUT2D eigenvalue weighted by molar-refractivity contribution is 5.21. The van der Waals surface area contributed by atoms with Crippen LogP contribution in [-0.4, -0.2) is 19.5 Å². The van der Waals surface area contributed by atoms with Gasteiger partial charge in [-0.1, -0.05) is 24.5 Å². The van der Waals surface area contributed by atoms with Crippen LogP contribution in [0.1, 0.15) is 39.5 Å². The second-order valence-corrected chi connectivity index (χ2v) is 3.52. The molecule has 0 aliphatic carbocycles. The minimum absolute atomic E-state index is 0.0328. The lowest BCUT2D eigenvalue weighted by molar-refractivity contribution is -0.140. The maximum Gasteiger partial charge on any atom is 0.157 e. The smallest absolute Gasteiger partial charge is 0.157 e. The van der Waals surface area contributed by atoms with Crippen molar-refractivity contribution in [1.29, 1.82) is 0 Å². The van der Waals surface area contributed by atoms with Gasteiger partial charge in [0, 0.05) is 13.2 Å². The standard InChI is InChI=1S/C15H24O2/c1-4-7-8-9-10-11-12-13-14-15(16-5-2)17-6-3/h4,9-10,15H,1,5-6,11-14H2,2-3H3/b10-9+. The Morgan fingerprint density at radius 1 is 1.12 bits per heavy atom. The van der Waals surface area contributed by atoms with Crippen LogP contribution in [0.3, 0.4) is 0 Å². The summed E-state index contributed by atoms with van der Waals surface area (Å²) >= 11 is 0. The van der Waals surface area contributed by atoms with E-state index in [-0.39, 0.29) is 6.29 Å². The van der Waals surface area contributed by atoms with Crippen LogP contribution in [-0.2, 0) is 9.47 Å². The molecule has 96 valence electrons. The van der Waals surface area contributed by atoms with Crippen molar-refractivity contribution >= 4 is 0 Å². The van der Waals surface area contributed by atoms with Crippen molar-refractivity contribution in [3.05, 3.63) is 24.8 Å². The molecular formula is C15H24O2. The van der Waals surface area contributed by atoms with E-state index in [2.05, 4.69) is 24.5 Å². The summed E-state index contributed by atoms with van der Waals surface area (Å²) in [5.41, 5.74) is 0. The van der Waals surface area contributed by atoms with E-state index >= 15 is 0 Å².